The highest BCUT2D eigenvalue weighted by Crippen LogP contribution is 2.22. The number of hydrogen-bond donors (Lipinski definition) is 2. The number of nitrogens with one attached hydrogen (secondary N) is 2. The molecule has 2 aromatic carbocycles. The van der Waals surface area contributed by atoms with E-state index in [-0.39, 0.29) is 11.9 Å². The third-order valence-electron chi connectivity index (χ3n) is 5.40. The number of carbonyl (C=O) groups excluding carboxylic acids is 1. The molecule has 0 aliphatic heterocycles. The van der Waals surface area contributed by atoms with Gasteiger partial charge in [-0.3, -0.25) is 9.78 Å². The molecule has 0 aliphatic rings. The zero-order valence-electron chi connectivity index (χ0n) is 18.8. The van der Waals surface area contributed by atoms with Gasteiger partial charge < -0.3 is 10.6 Å². The Morgan fingerprint density at radius 2 is 1.85 bits per heavy atom. The Bertz CT molecular complexity index is 1460. The second kappa shape index (κ2) is 9.11. The van der Waals surface area contributed by atoms with Crippen molar-refractivity contribution in [2.24, 2.45) is 0 Å². The van der Waals surface area contributed by atoms with Gasteiger partial charge in [-0.25, -0.2) is 14.6 Å². The summed E-state index contributed by atoms with van der Waals surface area (Å²) in [4.78, 5) is 25.8. The van der Waals surface area contributed by atoms with Crippen LogP contribution in [0, 0.1) is 6.92 Å². The summed E-state index contributed by atoms with van der Waals surface area (Å²) in [5.41, 5.74) is 5.40. The lowest BCUT2D eigenvalue weighted by Gasteiger charge is -2.16. The molecule has 1 amide bonds. The van der Waals surface area contributed by atoms with Crippen molar-refractivity contribution >= 4 is 28.6 Å². The highest BCUT2D eigenvalue weighted by Gasteiger charge is 2.12. The average molecular weight is 450 g/mol. The fourth-order valence-electron chi connectivity index (χ4n) is 3.66. The van der Waals surface area contributed by atoms with Crippen molar-refractivity contribution in [2.45, 2.75) is 19.9 Å². The van der Waals surface area contributed by atoms with Crippen LogP contribution in [-0.2, 0) is 0 Å². The van der Waals surface area contributed by atoms with Gasteiger partial charge in [0.2, 0.25) is 5.65 Å². The highest BCUT2D eigenvalue weighted by molar-refractivity contribution is 6.04. The molecule has 3 heterocycles. The molecule has 8 heteroatoms. The van der Waals surface area contributed by atoms with E-state index in [1.54, 1.807) is 23.3 Å². The summed E-state index contributed by atoms with van der Waals surface area (Å²) in [6, 6.07) is 19.3. The zero-order chi connectivity index (χ0) is 23.5. The standard InChI is InChI=1S/C26H23N7O/c1-17-11-20(14-27-13-17)26(34)30-21-8-6-7-19(12-21)18(2)29-24-15-28-23-16-33(32-25(23)31-24)22-9-4-3-5-10-22/h3-16,18H,1-2H3,(H,30,34)(H,29,31,32)/t18-/m0/s1. The Morgan fingerprint density at radius 3 is 2.68 bits per heavy atom. The molecule has 0 unspecified atom stereocenters. The second-order valence-electron chi connectivity index (χ2n) is 8.07. The second-order valence-corrected chi connectivity index (χ2v) is 8.07. The Balaban J connectivity index is 1.31. The van der Waals surface area contributed by atoms with Crippen molar-refractivity contribution in [1.82, 2.24) is 24.7 Å². The number of para-hydroxylation sites is 1. The van der Waals surface area contributed by atoms with Crippen LogP contribution in [0.1, 0.15) is 34.5 Å². The van der Waals surface area contributed by atoms with E-state index < -0.39 is 0 Å². The van der Waals surface area contributed by atoms with Crippen LogP contribution < -0.4 is 10.6 Å². The van der Waals surface area contributed by atoms with Crippen molar-refractivity contribution in [3.63, 3.8) is 0 Å². The molecule has 8 nitrogen and oxygen atoms in total. The summed E-state index contributed by atoms with van der Waals surface area (Å²) in [7, 11) is 0. The van der Waals surface area contributed by atoms with Crippen molar-refractivity contribution in [3.8, 4) is 5.69 Å². The van der Waals surface area contributed by atoms with Crippen molar-refractivity contribution in [1.29, 1.82) is 0 Å². The molecule has 34 heavy (non-hydrogen) atoms. The van der Waals surface area contributed by atoms with E-state index in [9.17, 15) is 4.79 Å². The number of benzene rings is 2. The number of fused-ring (bicyclic) bond motifs is 1. The third-order valence-corrected chi connectivity index (χ3v) is 5.40. The summed E-state index contributed by atoms with van der Waals surface area (Å²) in [6.45, 7) is 3.93. The Kier molecular flexibility index (Phi) is 5.70. The van der Waals surface area contributed by atoms with Gasteiger partial charge in [-0.15, -0.1) is 5.10 Å². The van der Waals surface area contributed by atoms with Gasteiger partial charge in [0.25, 0.3) is 5.91 Å². The molecule has 0 bridgehead atoms. The lowest BCUT2D eigenvalue weighted by Crippen LogP contribution is -2.13. The maximum atomic E-state index is 12.6. The molecule has 3 aromatic heterocycles. The van der Waals surface area contributed by atoms with Crippen LogP contribution in [0.25, 0.3) is 16.9 Å². The van der Waals surface area contributed by atoms with Gasteiger partial charge in [-0.05, 0) is 55.3 Å². The van der Waals surface area contributed by atoms with Crippen molar-refractivity contribution < 1.29 is 4.79 Å². The minimum atomic E-state index is -0.195. The number of anilines is 2. The SMILES string of the molecule is Cc1cncc(C(=O)Nc2cccc([C@H](C)Nc3cnc4cn(-c5ccccc5)nc4n3)c2)c1. The smallest absolute Gasteiger partial charge is 0.257 e. The van der Waals surface area contributed by atoms with E-state index in [0.717, 1.165) is 22.3 Å². The first-order valence-corrected chi connectivity index (χ1v) is 10.9. The Hall–Kier alpha value is -4.59. The Morgan fingerprint density at radius 1 is 1.00 bits per heavy atom. The molecular weight excluding hydrogens is 426 g/mol. The highest BCUT2D eigenvalue weighted by atomic mass is 16.1. The van der Waals surface area contributed by atoms with E-state index in [4.69, 9.17) is 0 Å². The molecule has 168 valence electrons. The number of aryl methyl sites for hydroxylation is 1. The molecule has 0 saturated heterocycles. The van der Waals surface area contributed by atoms with Crippen LogP contribution in [0.3, 0.4) is 0 Å². The normalized spacial score (nSPS) is 11.8. The van der Waals surface area contributed by atoms with Crippen LogP contribution in [0.5, 0.6) is 0 Å². The summed E-state index contributed by atoms with van der Waals surface area (Å²) in [6.07, 6.45) is 6.84. The van der Waals surface area contributed by atoms with E-state index in [1.807, 2.05) is 80.7 Å². The fourth-order valence-corrected chi connectivity index (χ4v) is 3.66. The maximum Gasteiger partial charge on any atom is 0.257 e. The fraction of sp³-hybridized carbons (Fsp3) is 0.115. The van der Waals surface area contributed by atoms with Crippen molar-refractivity contribution in [2.75, 3.05) is 10.6 Å². The molecule has 5 aromatic rings. The van der Waals surface area contributed by atoms with Crippen LogP contribution in [0.4, 0.5) is 11.5 Å². The van der Waals surface area contributed by atoms with Gasteiger partial charge in [-0.2, -0.15) is 0 Å². The Labute approximate surface area is 196 Å². The zero-order valence-corrected chi connectivity index (χ0v) is 18.8. The number of aromatic nitrogens is 5. The quantitative estimate of drug-likeness (QED) is 0.381. The monoisotopic (exact) mass is 449 g/mol. The van der Waals surface area contributed by atoms with Crippen LogP contribution in [0.2, 0.25) is 0 Å². The first kappa shape index (κ1) is 21.3. The number of carbonyl (C=O) groups is 1. The summed E-state index contributed by atoms with van der Waals surface area (Å²) in [5.74, 6) is 0.429. The lowest BCUT2D eigenvalue weighted by molar-refractivity contribution is 0.102. The van der Waals surface area contributed by atoms with Gasteiger partial charge in [0.1, 0.15) is 11.3 Å². The number of amides is 1. The number of pyridine rings is 1. The lowest BCUT2D eigenvalue weighted by atomic mass is 10.1. The predicted molar refractivity (Wildman–Crippen MR) is 132 cm³/mol. The summed E-state index contributed by atoms with van der Waals surface area (Å²) >= 11 is 0. The number of rotatable bonds is 6. The average Bonchev–Trinajstić information content (AvgIpc) is 3.28. The number of hydrogen-bond acceptors (Lipinski definition) is 6. The minimum Gasteiger partial charge on any atom is -0.362 e. The molecular formula is C26H23N7O. The summed E-state index contributed by atoms with van der Waals surface area (Å²) in [5, 5.41) is 10.9. The molecule has 0 spiro atoms. The molecule has 0 radical (unpaired) electrons. The largest absolute Gasteiger partial charge is 0.362 e. The van der Waals surface area contributed by atoms with Gasteiger partial charge >= 0.3 is 0 Å². The molecule has 0 aliphatic carbocycles. The maximum absolute atomic E-state index is 12.6. The van der Waals surface area contributed by atoms with Crippen LogP contribution in [0.15, 0.2) is 85.5 Å². The number of nitrogens with zero attached hydrogens (tertiary/aromatic N) is 5. The predicted octanol–water partition coefficient (Wildman–Crippen LogP) is 4.94. The van der Waals surface area contributed by atoms with Gasteiger partial charge in [-0.1, -0.05) is 30.3 Å². The molecule has 1 atom stereocenters. The molecule has 0 saturated carbocycles. The minimum absolute atomic E-state index is 0.0690. The van der Waals surface area contributed by atoms with Gasteiger partial charge in [0.05, 0.1) is 29.7 Å². The van der Waals surface area contributed by atoms with E-state index >= 15 is 0 Å². The van der Waals surface area contributed by atoms with E-state index in [0.29, 0.717) is 22.7 Å². The first-order valence-electron chi connectivity index (χ1n) is 10.9. The molecule has 0 fully saturated rings. The third kappa shape index (κ3) is 4.61. The first-order chi connectivity index (χ1) is 16.5. The van der Waals surface area contributed by atoms with Gasteiger partial charge in [0.15, 0.2) is 0 Å². The van der Waals surface area contributed by atoms with Crippen LogP contribution >= 0.6 is 0 Å². The van der Waals surface area contributed by atoms with E-state index in [1.165, 1.54) is 0 Å². The van der Waals surface area contributed by atoms with Crippen LogP contribution in [-0.4, -0.2) is 30.6 Å². The van der Waals surface area contributed by atoms with Crippen molar-refractivity contribution in [3.05, 3.63) is 102 Å². The topological polar surface area (TPSA) is 97.6 Å². The molecule has 2 N–H and O–H groups in total. The van der Waals surface area contributed by atoms with Gasteiger partial charge in [0, 0.05) is 18.1 Å². The van der Waals surface area contributed by atoms with E-state index in [2.05, 4.69) is 30.7 Å². The molecule has 5 rings (SSSR count). The summed E-state index contributed by atoms with van der Waals surface area (Å²) < 4.78 is 1.77.